The summed E-state index contributed by atoms with van der Waals surface area (Å²) in [7, 11) is 0. The van der Waals surface area contributed by atoms with E-state index in [4.69, 9.17) is 11.0 Å². The first kappa shape index (κ1) is 12.5. The number of nitrogens with zero attached hydrogens (tertiary/aromatic N) is 2. The third-order valence-corrected chi connectivity index (χ3v) is 2.45. The van der Waals surface area contributed by atoms with Gasteiger partial charge >= 0.3 is 0 Å². The van der Waals surface area contributed by atoms with Gasteiger partial charge in [0.05, 0.1) is 28.7 Å². The summed E-state index contributed by atoms with van der Waals surface area (Å²) in [4.78, 5) is 15.7. The Balaban J connectivity index is 2.30. The molecule has 0 fully saturated rings. The molecule has 0 aliphatic heterocycles. The lowest BCUT2D eigenvalue weighted by Gasteiger charge is -2.08. The fourth-order valence-electron chi connectivity index (χ4n) is 1.52. The minimum Gasteiger partial charge on any atom is -0.397 e. The molecule has 0 saturated carbocycles. The SMILES string of the molecule is N#Cc1cc(F)ccc1NC(=O)c1ccncc1N. The van der Waals surface area contributed by atoms with Crippen molar-refractivity contribution in [3.63, 3.8) is 0 Å². The van der Waals surface area contributed by atoms with Gasteiger partial charge in [-0.05, 0) is 24.3 Å². The maximum Gasteiger partial charge on any atom is 0.257 e. The molecule has 3 N–H and O–H groups in total. The van der Waals surface area contributed by atoms with E-state index >= 15 is 0 Å². The number of nitrogens with one attached hydrogen (secondary N) is 1. The van der Waals surface area contributed by atoms with Crippen molar-refractivity contribution in [1.82, 2.24) is 4.98 Å². The Labute approximate surface area is 108 Å². The molecule has 0 aliphatic rings. The van der Waals surface area contributed by atoms with Gasteiger partial charge < -0.3 is 11.1 Å². The normalized spacial score (nSPS) is 9.68. The van der Waals surface area contributed by atoms with Gasteiger partial charge in [-0.3, -0.25) is 9.78 Å². The molecule has 0 unspecified atom stereocenters. The van der Waals surface area contributed by atoms with Gasteiger partial charge in [-0.1, -0.05) is 0 Å². The lowest BCUT2D eigenvalue weighted by Crippen LogP contribution is -2.15. The number of pyridine rings is 1. The topological polar surface area (TPSA) is 91.8 Å². The first-order valence-electron chi connectivity index (χ1n) is 5.32. The van der Waals surface area contributed by atoms with Crippen molar-refractivity contribution in [3.8, 4) is 6.07 Å². The highest BCUT2D eigenvalue weighted by Gasteiger charge is 2.12. The highest BCUT2D eigenvalue weighted by atomic mass is 19.1. The summed E-state index contributed by atoms with van der Waals surface area (Å²) in [6, 6.07) is 6.80. The van der Waals surface area contributed by atoms with Crippen LogP contribution in [0.4, 0.5) is 15.8 Å². The summed E-state index contributed by atoms with van der Waals surface area (Å²) >= 11 is 0. The highest BCUT2D eigenvalue weighted by Crippen LogP contribution is 2.18. The zero-order chi connectivity index (χ0) is 13.8. The quantitative estimate of drug-likeness (QED) is 0.858. The standard InChI is InChI=1S/C13H9FN4O/c14-9-1-2-12(8(5-9)6-15)18-13(19)10-3-4-17-7-11(10)16/h1-5,7H,16H2,(H,18,19). The number of hydrogen-bond donors (Lipinski definition) is 2. The largest absolute Gasteiger partial charge is 0.397 e. The molecule has 19 heavy (non-hydrogen) atoms. The van der Waals surface area contributed by atoms with Crippen LogP contribution >= 0.6 is 0 Å². The lowest BCUT2D eigenvalue weighted by molar-refractivity contribution is 0.102. The van der Waals surface area contributed by atoms with Gasteiger partial charge in [0.25, 0.3) is 5.91 Å². The number of nitrogen functional groups attached to an aromatic ring is 1. The zero-order valence-electron chi connectivity index (χ0n) is 9.72. The number of aromatic nitrogens is 1. The molecular weight excluding hydrogens is 247 g/mol. The number of nitriles is 1. The maximum atomic E-state index is 13.0. The van der Waals surface area contributed by atoms with Crippen molar-refractivity contribution < 1.29 is 9.18 Å². The number of carbonyl (C=O) groups excluding carboxylic acids is 1. The summed E-state index contributed by atoms with van der Waals surface area (Å²) in [6.45, 7) is 0. The second-order valence-electron chi connectivity index (χ2n) is 3.72. The van der Waals surface area contributed by atoms with Crippen LogP contribution in [0.25, 0.3) is 0 Å². The van der Waals surface area contributed by atoms with E-state index < -0.39 is 11.7 Å². The molecule has 6 heteroatoms. The molecule has 1 aromatic heterocycles. The van der Waals surface area contributed by atoms with Crippen LogP contribution in [-0.4, -0.2) is 10.9 Å². The smallest absolute Gasteiger partial charge is 0.257 e. The third-order valence-electron chi connectivity index (χ3n) is 2.45. The molecule has 5 nitrogen and oxygen atoms in total. The molecule has 1 heterocycles. The first-order valence-corrected chi connectivity index (χ1v) is 5.32. The Bertz CT molecular complexity index is 679. The fraction of sp³-hybridized carbons (Fsp3) is 0. The van der Waals surface area contributed by atoms with Crippen LogP contribution in [0.5, 0.6) is 0 Å². The molecule has 0 spiro atoms. The van der Waals surface area contributed by atoms with Crippen LogP contribution < -0.4 is 11.1 Å². The zero-order valence-corrected chi connectivity index (χ0v) is 9.72. The van der Waals surface area contributed by atoms with E-state index in [2.05, 4.69) is 10.3 Å². The van der Waals surface area contributed by atoms with E-state index in [1.807, 2.05) is 6.07 Å². The summed E-state index contributed by atoms with van der Waals surface area (Å²) in [5.41, 5.74) is 6.35. The Hall–Kier alpha value is -2.94. The molecule has 2 rings (SSSR count). The minimum atomic E-state index is -0.544. The van der Waals surface area contributed by atoms with E-state index in [0.717, 1.165) is 12.1 Å². The number of hydrogen-bond acceptors (Lipinski definition) is 4. The predicted molar refractivity (Wildman–Crippen MR) is 67.7 cm³/mol. The van der Waals surface area contributed by atoms with Crippen molar-refractivity contribution in [2.75, 3.05) is 11.1 Å². The minimum absolute atomic E-state index is 0.0426. The van der Waals surface area contributed by atoms with E-state index in [-0.39, 0.29) is 22.5 Å². The molecule has 0 atom stereocenters. The number of amides is 1. The average molecular weight is 256 g/mol. The van der Waals surface area contributed by atoms with E-state index in [1.54, 1.807) is 0 Å². The van der Waals surface area contributed by atoms with Crippen molar-refractivity contribution in [1.29, 1.82) is 5.26 Å². The molecular formula is C13H9FN4O. The Kier molecular flexibility index (Phi) is 3.39. The molecule has 0 aliphatic carbocycles. The van der Waals surface area contributed by atoms with Gasteiger partial charge in [0.1, 0.15) is 11.9 Å². The van der Waals surface area contributed by atoms with Crippen LogP contribution in [0.3, 0.4) is 0 Å². The van der Waals surface area contributed by atoms with Crippen molar-refractivity contribution >= 4 is 17.3 Å². The summed E-state index contributed by atoms with van der Waals surface area (Å²) in [5, 5.41) is 11.4. The molecule has 2 aromatic rings. The fourth-order valence-corrected chi connectivity index (χ4v) is 1.52. The predicted octanol–water partition coefficient (Wildman–Crippen LogP) is 1.93. The van der Waals surface area contributed by atoms with E-state index in [9.17, 15) is 9.18 Å². The number of carbonyl (C=O) groups is 1. The van der Waals surface area contributed by atoms with Crippen molar-refractivity contribution in [2.24, 2.45) is 0 Å². The van der Waals surface area contributed by atoms with Gasteiger partial charge in [-0.15, -0.1) is 0 Å². The molecule has 0 bridgehead atoms. The molecule has 1 amide bonds. The number of benzene rings is 1. The Morgan fingerprint density at radius 1 is 1.42 bits per heavy atom. The second-order valence-corrected chi connectivity index (χ2v) is 3.72. The van der Waals surface area contributed by atoms with Gasteiger partial charge in [0, 0.05) is 6.20 Å². The van der Waals surface area contributed by atoms with Crippen LogP contribution in [-0.2, 0) is 0 Å². The molecule has 1 aromatic carbocycles. The van der Waals surface area contributed by atoms with Crippen molar-refractivity contribution in [3.05, 3.63) is 53.6 Å². The lowest BCUT2D eigenvalue weighted by atomic mass is 10.1. The summed E-state index contributed by atoms with van der Waals surface area (Å²) < 4.78 is 13.0. The monoisotopic (exact) mass is 256 g/mol. The van der Waals surface area contributed by atoms with Gasteiger partial charge in [-0.2, -0.15) is 5.26 Å². The number of nitrogens with two attached hydrogens (primary N) is 1. The highest BCUT2D eigenvalue weighted by molar-refractivity contribution is 6.08. The summed E-state index contributed by atoms with van der Waals surface area (Å²) in [6.07, 6.45) is 2.78. The van der Waals surface area contributed by atoms with Gasteiger partial charge in [0.2, 0.25) is 0 Å². The molecule has 0 radical (unpaired) electrons. The van der Waals surface area contributed by atoms with Crippen molar-refractivity contribution in [2.45, 2.75) is 0 Å². The van der Waals surface area contributed by atoms with Crippen LogP contribution in [0, 0.1) is 17.1 Å². The van der Waals surface area contributed by atoms with Crippen LogP contribution in [0.2, 0.25) is 0 Å². The number of anilines is 2. The number of rotatable bonds is 2. The first-order chi connectivity index (χ1) is 9.11. The Morgan fingerprint density at radius 2 is 2.21 bits per heavy atom. The van der Waals surface area contributed by atoms with Gasteiger partial charge in [-0.25, -0.2) is 4.39 Å². The summed E-state index contributed by atoms with van der Waals surface area (Å²) in [5.74, 6) is -1.03. The van der Waals surface area contributed by atoms with Crippen LogP contribution in [0.1, 0.15) is 15.9 Å². The third kappa shape index (κ3) is 2.66. The van der Waals surface area contributed by atoms with Gasteiger partial charge in [0.15, 0.2) is 0 Å². The van der Waals surface area contributed by atoms with E-state index in [0.29, 0.717) is 0 Å². The number of halogens is 1. The average Bonchev–Trinajstić information content (AvgIpc) is 2.41. The van der Waals surface area contributed by atoms with E-state index in [1.165, 1.54) is 24.5 Å². The Morgan fingerprint density at radius 3 is 2.89 bits per heavy atom. The molecule has 0 saturated heterocycles. The second kappa shape index (κ2) is 5.14. The molecule has 94 valence electrons. The maximum absolute atomic E-state index is 13.0. The van der Waals surface area contributed by atoms with Crippen LogP contribution in [0.15, 0.2) is 36.7 Å².